The van der Waals surface area contributed by atoms with Crippen LogP contribution in [0.25, 0.3) is 0 Å². The second-order valence-electron chi connectivity index (χ2n) is 3.39. The first-order valence-electron chi connectivity index (χ1n) is 4.89. The Labute approximate surface area is 102 Å². The molecule has 1 aromatic heterocycles. The van der Waals surface area contributed by atoms with Crippen molar-refractivity contribution in [1.82, 2.24) is 4.98 Å². The number of rotatable bonds is 2. The van der Waals surface area contributed by atoms with E-state index in [0.717, 1.165) is 40.4 Å². The summed E-state index contributed by atoms with van der Waals surface area (Å²) in [7, 11) is 0. The van der Waals surface area contributed by atoms with Crippen molar-refractivity contribution in [3.05, 3.63) is 22.3 Å². The van der Waals surface area contributed by atoms with E-state index in [-0.39, 0.29) is 6.61 Å². The van der Waals surface area contributed by atoms with Crippen molar-refractivity contribution in [2.24, 2.45) is 0 Å². The van der Waals surface area contributed by atoms with Crippen LogP contribution in [0.3, 0.4) is 0 Å². The Balaban J connectivity index is 2.25. The molecule has 2 rings (SSSR count). The molecule has 0 spiro atoms. The van der Waals surface area contributed by atoms with Crippen molar-refractivity contribution < 1.29 is 5.11 Å². The van der Waals surface area contributed by atoms with Gasteiger partial charge in [0.1, 0.15) is 5.82 Å². The van der Waals surface area contributed by atoms with Gasteiger partial charge in [0.25, 0.3) is 0 Å². The van der Waals surface area contributed by atoms with Gasteiger partial charge in [-0.3, -0.25) is 0 Å². The van der Waals surface area contributed by atoms with E-state index < -0.39 is 0 Å². The fourth-order valence-corrected chi connectivity index (χ4v) is 2.93. The summed E-state index contributed by atoms with van der Waals surface area (Å²) in [5.74, 6) is 3.21. The molecule has 1 fully saturated rings. The lowest BCUT2D eigenvalue weighted by Gasteiger charge is -2.28. The molecule has 1 N–H and O–H groups in total. The Morgan fingerprint density at radius 2 is 2.20 bits per heavy atom. The van der Waals surface area contributed by atoms with E-state index in [1.807, 2.05) is 17.8 Å². The summed E-state index contributed by atoms with van der Waals surface area (Å²) in [5, 5.41) is 9.28. The number of aliphatic hydroxyl groups is 1. The molecule has 1 aliphatic heterocycles. The molecule has 0 amide bonds. The van der Waals surface area contributed by atoms with Crippen LogP contribution in [0.15, 0.2) is 16.7 Å². The predicted molar refractivity (Wildman–Crippen MR) is 67.4 cm³/mol. The summed E-state index contributed by atoms with van der Waals surface area (Å²) in [4.78, 5) is 6.63. The molecule has 1 aliphatic rings. The maximum absolute atomic E-state index is 9.28. The summed E-state index contributed by atoms with van der Waals surface area (Å²) in [6.45, 7) is 2.09. The van der Waals surface area contributed by atoms with Crippen LogP contribution in [-0.4, -0.2) is 34.7 Å². The molecule has 0 unspecified atom stereocenters. The van der Waals surface area contributed by atoms with Crippen LogP contribution in [0, 0.1) is 0 Å². The van der Waals surface area contributed by atoms with Gasteiger partial charge in [-0.2, -0.15) is 11.8 Å². The van der Waals surface area contributed by atoms with Crippen LogP contribution in [0.2, 0.25) is 0 Å². The lowest BCUT2D eigenvalue weighted by molar-refractivity contribution is 0.281. The third kappa shape index (κ3) is 2.65. The molecular formula is C10H13BrN2OS. The van der Waals surface area contributed by atoms with E-state index in [1.165, 1.54) is 0 Å². The highest BCUT2D eigenvalue weighted by Gasteiger charge is 2.15. The molecule has 0 radical (unpaired) electrons. The Hall–Kier alpha value is -0.260. The van der Waals surface area contributed by atoms with Crippen molar-refractivity contribution in [2.45, 2.75) is 6.61 Å². The van der Waals surface area contributed by atoms with E-state index in [0.29, 0.717) is 0 Å². The molecule has 0 atom stereocenters. The van der Waals surface area contributed by atoms with Crippen molar-refractivity contribution in [3.63, 3.8) is 0 Å². The van der Waals surface area contributed by atoms with Gasteiger partial charge < -0.3 is 10.0 Å². The van der Waals surface area contributed by atoms with Gasteiger partial charge >= 0.3 is 0 Å². The molecule has 1 saturated heterocycles. The maximum Gasteiger partial charge on any atom is 0.134 e. The van der Waals surface area contributed by atoms with Crippen molar-refractivity contribution in [2.75, 3.05) is 29.5 Å². The SMILES string of the molecule is OCc1cc(Br)cnc1N1CCSCC1. The van der Waals surface area contributed by atoms with Gasteiger partial charge in [0.15, 0.2) is 0 Å². The highest BCUT2D eigenvalue weighted by molar-refractivity contribution is 9.10. The van der Waals surface area contributed by atoms with Crippen molar-refractivity contribution in [3.8, 4) is 0 Å². The minimum atomic E-state index is 0.0470. The molecule has 3 nitrogen and oxygen atoms in total. The summed E-state index contributed by atoms with van der Waals surface area (Å²) >= 11 is 5.33. The molecule has 1 aromatic rings. The van der Waals surface area contributed by atoms with E-state index in [1.54, 1.807) is 6.20 Å². The van der Waals surface area contributed by atoms with Gasteiger partial charge in [-0.25, -0.2) is 4.98 Å². The summed E-state index contributed by atoms with van der Waals surface area (Å²) < 4.78 is 0.918. The second-order valence-corrected chi connectivity index (χ2v) is 5.53. The minimum Gasteiger partial charge on any atom is -0.392 e. The minimum absolute atomic E-state index is 0.0470. The Morgan fingerprint density at radius 1 is 1.47 bits per heavy atom. The molecule has 0 aliphatic carbocycles. The summed E-state index contributed by atoms with van der Waals surface area (Å²) in [6.07, 6.45) is 1.79. The topological polar surface area (TPSA) is 36.4 Å². The van der Waals surface area contributed by atoms with Crippen molar-refractivity contribution >= 4 is 33.5 Å². The molecule has 2 heterocycles. The number of pyridine rings is 1. The van der Waals surface area contributed by atoms with Crippen LogP contribution in [0.5, 0.6) is 0 Å². The maximum atomic E-state index is 9.28. The Morgan fingerprint density at radius 3 is 2.87 bits per heavy atom. The zero-order chi connectivity index (χ0) is 10.7. The van der Waals surface area contributed by atoms with Crippen LogP contribution >= 0.6 is 27.7 Å². The average molecular weight is 289 g/mol. The molecule has 5 heteroatoms. The molecule has 15 heavy (non-hydrogen) atoms. The normalized spacial score (nSPS) is 16.8. The standard InChI is InChI=1S/C10H13BrN2OS/c11-9-5-8(7-14)10(12-6-9)13-1-3-15-4-2-13/h5-6,14H,1-4,7H2. The first-order chi connectivity index (χ1) is 7.31. The fraction of sp³-hybridized carbons (Fsp3) is 0.500. The summed E-state index contributed by atoms with van der Waals surface area (Å²) in [6, 6.07) is 1.93. The van der Waals surface area contributed by atoms with Gasteiger partial charge in [-0.05, 0) is 22.0 Å². The first-order valence-corrected chi connectivity index (χ1v) is 6.84. The van der Waals surface area contributed by atoms with Crippen LogP contribution in [0.1, 0.15) is 5.56 Å². The number of halogens is 1. The second kappa shape index (κ2) is 5.18. The monoisotopic (exact) mass is 288 g/mol. The lowest BCUT2D eigenvalue weighted by Crippen LogP contribution is -2.33. The number of aromatic nitrogens is 1. The molecular weight excluding hydrogens is 276 g/mol. The highest BCUT2D eigenvalue weighted by Crippen LogP contribution is 2.24. The van der Waals surface area contributed by atoms with Gasteiger partial charge in [-0.1, -0.05) is 0 Å². The molecule has 82 valence electrons. The van der Waals surface area contributed by atoms with Crippen LogP contribution < -0.4 is 4.90 Å². The zero-order valence-corrected chi connectivity index (χ0v) is 10.7. The number of hydrogen-bond donors (Lipinski definition) is 1. The van der Waals surface area contributed by atoms with Crippen LogP contribution in [-0.2, 0) is 6.61 Å². The Kier molecular flexibility index (Phi) is 3.88. The van der Waals surface area contributed by atoms with E-state index in [2.05, 4.69) is 25.8 Å². The fourth-order valence-electron chi connectivity index (χ4n) is 1.65. The third-order valence-electron chi connectivity index (χ3n) is 2.39. The smallest absolute Gasteiger partial charge is 0.134 e. The number of anilines is 1. The predicted octanol–water partition coefficient (Wildman–Crippen LogP) is 1.89. The third-order valence-corrected chi connectivity index (χ3v) is 3.77. The van der Waals surface area contributed by atoms with E-state index >= 15 is 0 Å². The average Bonchev–Trinajstić information content (AvgIpc) is 2.30. The largest absolute Gasteiger partial charge is 0.392 e. The first kappa shape index (κ1) is 11.2. The van der Waals surface area contributed by atoms with Gasteiger partial charge in [0.05, 0.1) is 6.61 Å². The summed E-state index contributed by atoms with van der Waals surface area (Å²) in [5.41, 5.74) is 0.899. The number of aliphatic hydroxyl groups excluding tert-OH is 1. The number of hydrogen-bond acceptors (Lipinski definition) is 4. The van der Waals surface area contributed by atoms with E-state index in [9.17, 15) is 5.11 Å². The van der Waals surface area contributed by atoms with Gasteiger partial charge in [0.2, 0.25) is 0 Å². The van der Waals surface area contributed by atoms with Gasteiger partial charge in [-0.15, -0.1) is 0 Å². The van der Waals surface area contributed by atoms with Crippen LogP contribution in [0.4, 0.5) is 5.82 Å². The number of nitrogens with zero attached hydrogens (tertiary/aromatic N) is 2. The molecule has 0 aromatic carbocycles. The van der Waals surface area contributed by atoms with Gasteiger partial charge in [0, 0.05) is 40.8 Å². The number of thioether (sulfide) groups is 1. The highest BCUT2D eigenvalue weighted by atomic mass is 79.9. The zero-order valence-electron chi connectivity index (χ0n) is 8.32. The van der Waals surface area contributed by atoms with E-state index in [4.69, 9.17) is 0 Å². The molecule has 0 bridgehead atoms. The molecule has 0 saturated carbocycles. The lowest BCUT2D eigenvalue weighted by atomic mass is 10.2. The quantitative estimate of drug-likeness (QED) is 0.902. The van der Waals surface area contributed by atoms with Crippen molar-refractivity contribution in [1.29, 1.82) is 0 Å². The Bertz CT molecular complexity index is 342.